The van der Waals surface area contributed by atoms with Crippen LogP contribution in [0, 0.1) is 5.82 Å². The third-order valence-corrected chi connectivity index (χ3v) is 3.94. The Morgan fingerprint density at radius 3 is 2.37 bits per heavy atom. The van der Waals surface area contributed by atoms with Crippen molar-refractivity contribution in [2.45, 2.75) is 6.18 Å². The van der Waals surface area contributed by atoms with E-state index in [1.807, 2.05) is 0 Å². The number of nitrogens with zero attached hydrogens (tertiary/aromatic N) is 3. The summed E-state index contributed by atoms with van der Waals surface area (Å²) in [5.74, 6) is -1.66. The van der Waals surface area contributed by atoms with Gasteiger partial charge in [-0.1, -0.05) is 0 Å². The molecule has 144 valence electrons. The van der Waals surface area contributed by atoms with Crippen molar-refractivity contribution in [2.75, 3.05) is 18.7 Å². The lowest BCUT2D eigenvalue weighted by atomic mass is 10.2. The van der Waals surface area contributed by atoms with Crippen molar-refractivity contribution in [3.8, 4) is 11.4 Å². The van der Waals surface area contributed by atoms with E-state index >= 15 is 0 Å². The van der Waals surface area contributed by atoms with Crippen molar-refractivity contribution in [3.63, 3.8) is 0 Å². The van der Waals surface area contributed by atoms with Crippen LogP contribution in [0.1, 0.15) is 5.69 Å². The van der Waals surface area contributed by atoms with Gasteiger partial charge in [-0.2, -0.15) is 13.2 Å². The van der Waals surface area contributed by atoms with Gasteiger partial charge >= 0.3 is 11.9 Å². The van der Waals surface area contributed by atoms with Crippen LogP contribution in [-0.2, 0) is 18.0 Å². The number of nitrogens with one attached hydrogen (secondary N) is 1. The minimum absolute atomic E-state index is 0.000925. The monoisotopic (exact) mass is 388 g/mol. The quantitative estimate of drug-likeness (QED) is 0.760. The summed E-state index contributed by atoms with van der Waals surface area (Å²) in [6.45, 7) is -0.366. The van der Waals surface area contributed by atoms with Gasteiger partial charge in [-0.05, 0) is 6.07 Å². The SMILES string of the molecule is CNN1C(=O)COc2cc(F)c(-n3c(=O)cc(C(F)(F)F)n(C)c3=O)cc21. The van der Waals surface area contributed by atoms with Gasteiger partial charge < -0.3 is 4.74 Å². The van der Waals surface area contributed by atoms with Crippen molar-refractivity contribution >= 4 is 11.6 Å². The lowest BCUT2D eigenvalue weighted by molar-refractivity contribution is -0.144. The molecule has 1 aliphatic heterocycles. The van der Waals surface area contributed by atoms with Crippen LogP contribution in [-0.4, -0.2) is 28.7 Å². The molecule has 0 spiro atoms. The molecule has 1 aliphatic rings. The molecule has 2 aromatic rings. The number of hydrogen-bond donors (Lipinski definition) is 1. The smallest absolute Gasteiger partial charge is 0.431 e. The molecule has 0 saturated carbocycles. The molecule has 0 aliphatic carbocycles. The van der Waals surface area contributed by atoms with E-state index < -0.39 is 40.5 Å². The van der Waals surface area contributed by atoms with E-state index in [0.717, 1.165) is 24.2 Å². The van der Waals surface area contributed by atoms with Gasteiger partial charge in [-0.25, -0.2) is 24.2 Å². The van der Waals surface area contributed by atoms with Gasteiger partial charge in [-0.15, -0.1) is 0 Å². The number of carbonyl (C=O) groups is 1. The second-order valence-electron chi connectivity index (χ2n) is 5.56. The number of carbonyl (C=O) groups excluding carboxylic acids is 1. The number of hydrazine groups is 1. The number of halogens is 4. The van der Waals surface area contributed by atoms with Crippen molar-refractivity contribution in [1.82, 2.24) is 14.6 Å². The summed E-state index contributed by atoms with van der Waals surface area (Å²) in [6.07, 6.45) is -4.94. The van der Waals surface area contributed by atoms with Gasteiger partial charge in [0.15, 0.2) is 12.4 Å². The normalized spacial score (nSPS) is 14.1. The number of alkyl halides is 3. The number of amides is 1. The first-order valence-electron chi connectivity index (χ1n) is 7.43. The molecular weight excluding hydrogens is 376 g/mol. The number of hydrogen-bond acceptors (Lipinski definition) is 5. The summed E-state index contributed by atoms with van der Waals surface area (Å²) >= 11 is 0. The molecule has 12 heteroatoms. The fourth-order valence-corrected chi connectivity index (χ4v) is 2.70. The highest BCUT2D eigenvalue weighted by Crippen LogP contribution is 2.34. The first kappa shape index (κ1) is 18.6. The zero-order chi connectivity index (χ0) is 20.1. The molecule has 0 fully saturated rings. The molecule has 0 atom stereocenters. The van der Waals surface area contributed by atoms with Crippen LogP contribution in [0.25, 0.3) is 5.69 Å². The maximum Gasteiger partial charge on any atom is 0.431 e. The topological polar surface area (TPSA) is 85.6 Å². The Morgan fingerprint density at radius 1 is 1.11 bits per heavy atom. The zero-order valence-electron chi connectivity index (χ0n) is 13.9. The average molecular weight is 388 g/mol. The summed E-state index contributed by atoms with van der Waals surface area (Å²) in [7, 11) is 2.21. The molecule has 3 rings (SSSR count). The second-order valence-corrected chi connectivity index (χ2v) is 5.56. The van der Waals surface area contributed by atoms with Crippen LogP contribution >= 0.6 is 0 Å². The third kappa shape index (κ3) is 2.97. The van der Waals surface area contributed by atoms with Crippen LogP contribution in [0.5, 0.6) is 5.75 Å². The molecule has 1 amide bonds. The van der Waals surface area contributed by atoms with Crippen LogP contribution < -0.4 is 26.4 Å². The van der Waals surface area contributed by atoms with Crippen molar-refractivity contribution < 1.29 is 27.1 Å². The number of rotatable bonds is 2. The average Bonchev–Trinajstić information content (AvgIpc) is 2.58. The highest BCUT2D eigenvalue weighted by Gasteiger charge is 2.35. The largest absolute Gasteiger partial charge is 0.481 e. The minimum Gasteiger partial charge on any atom is -0.481 e. The van der Waals surface area contributed by atoms with Gasteiger partial charge in [-0.3, -0.25) is 14.2 Å². The fraction of sp³-hybridized carbons (Fsp3) is 0.267. The zero-order valence-corrected chi connectivity index (χ0v) is 13.9. The Labute approximate surface area is 148 Å². The number of benzene rings is 1. The number of ether oxygens (including phenoxy) is 1. The molecule has 1 aromatic heterocycles. The Kier molecular flexibility index (Phi) is 4.30. The molecule has 27 heavy (non-hydrogen) atoms. The first-order chi connectivity index (χ1) is 12.6. The molecule has 8 nitrogen and oxygen atoms in total. The van der Waals surface area contributed by atoms with Gasteiger partial charge in [0.1, 0.15) is 17.1 Å². The third-order valence-electron chi connectivity index (χ3n) is 3.94. The summed E-state index contributed by atoms with van der Waals surface area (Å²) in [6, 6.07) is 2.00. The molecule has 0 unspecified atom stereocenters. The Balaban J connectivity index is 2.29. The minimum atomic E-state index is -4.94. The van der Waals surface area contributed by atoms with E-state index in [1.54, 1.807) is 0 Å². The van der Waals surface area contributed by atoms with E-state index in [2.05, 4.69) is 5.43 Å². The Hall–Kier alpha value is -3.15. The van der Waals surface area contributed by atoms with Gasteiger partial charge in [0.2, 0.25) is 0 Å². The molecule has 2 heterocycles. The van der Waals surface area contributed by atoms with Crippen molar-refractivity contribution in [2.24, 2.45) is 7.05 Å². The molecule has 0 saturated heterocycles. The van der Waals surface area contributed by atoms with Crippen LogP contribution in [0.15, 0.2) is 27.8 Å². The molecular formula is C15H12F4N4O4. The van der Waals surface area contributed by atoms with Crippen LogP contribution in [0.2, 0.25) is 0 Å². The molecule has 0 bridgehead atoms. The Bertz CT molecular complexity index is 1060. The highest BCUT2D eigenvalue weighted by atomic mass is 19.4. The lowest BCUT2D eigenvalue weighted by Crippen LogP contribution is -2.46. The summed E-state index contributed by atoms with van der Waals surface area (Å²) in [5.41, 5.74) is -2.32. The maximum absolute atomic E-state index is 14.5. The Morgan fingerprint density at radius 2 is 1.78 bits per heavy atom. The van der Waals surface area contributed by atoms with E-state index in [9.17, 15) is 31.9 Å². The first-order valence-corrected chi connectivity index (χ1v) is 7.43. The van der Waals surface area contributed by atoms with E-state index in [-0.39, 0.29) is 33.2 Å². The summed E-state index contributed by atoms with van der Waals surface area (Å²) < 4.78 is 58.8. The number of aromatic nitrogens is 2. The van der Waals surface area contributed by atoms with Crippen molar-refractivity contribution in [3.05, 3.63) is 50.5 Å². The molecule has 1 aromatic carbocycles. The summed E-state index contributed by atoms with van der Waals surface area (Å²) in [4.78, 5) is 36.3. The van der Waals surface area contributed by atoms with Gasteiger partial charge in [0, 0.05) is 26.2 Å². The predicted molar refractivity (Wildman–Crippen MR) is 84.3 cm³/mol. The molecule has 0 radical (unpaired) electrons. The maximum atomic E-state index is 14.5. The lowest BCUT2D eigenvalue weighted by Gasteiger charge is -2.29. The second kappa shape index (κ2) is 6.23. The summed E-state index contributed by atoms with van der Waals surface area (Å²) in [5, 5.41) is 1.00. The predicted octanol–water partition coefficient (Wildman–Crippen LogP) is 0.554. The van der Waals surface area contributed by atoms with Crippen molar-refractivity contribution in [1.29, 1.82) is 0 Å². The number of fused-ring (bicyclic) bond motifs is 1. The van der Waals surface area contributed by atoms with Crippen LogP contribution in [0.3, 0.4) is 0 Å². The van der Waals surface area contributed by atoms with Gasteiger partial charge in [0.25, 0.3) is 11.5 Å². The molecule has 1 N–H and O–H groups in total. The van der Waals surface area contributed by atoms with E-state index in [0.29, 0.717) is 0 Å². The van der Waals surface area contributed by atoms with E-state index in [4.69, 9.17) is 4.74 Å². The van der Waals surface area contributed by atoms with Crippen LogP contribution in [0.4, 0.5) is 23.2 Å². The van der Waals surface area contributed by atoms with Gasteiger partial charge in [0.05, 0.1) is 5.69 Å². The number of anilines is 1. The fourth-order valence-electron chi connectivity index (χ4n) is 2.70. The highest BCUT2D eigenvalue weighted by molar-refractivity contribution is 5.97. The standard InChI is InChI=1S/C15H12F4N4O4/c1-20-23-9-4-8(7(16)3-10(9)27-6-13(23)25)22-12(24)5-11(15(17,18)19)21(2)14(22)26/h3-5,20H,6H2,1-2H3. The van der Waals surface area contributed by atoms with E-state index in [1.165, 1.54) is 7.05 Å².